The van der Waals surface area contributed by atoms with Crippen LogP contribution in [-0.4, -0.2) is 34.8 Å². The second-order valence-corrected chi connectivity index (χ2v) is 7.33. The molecule has 6 heteroatoms. The summed E-state index contributed by atoms with van der Waals surface area (Å²) in [6.45, 7) is 4.70. The first-order valence-electron chi connectivity index (χ1n) is 8.73. The molecule has 0 atom stereocenters. The molecule has 27 heavy (non-hydrogen) atoms. The minimum absolute atomic E-state index is 0.0295. The monoisotopic (exact) mass is 382 g/mol. The van der Waals surface area contributed by atoms with E-state index in [0.29, 0.717) is 34.8 Å². The van der Waals surface area contributed by atoms with Crippen molar-refractivity contribution in [3.8, 4) is 0 Å². The van der Waals surface area contributed by atoms with Gasteiger partial charge in [-0.2, -0.15) is 0 Å². The van der Waals surface area contributed by atoms with Crippen molar-refractivity contribution < 1.29 is 9.53 Å². The second kappa shape index (κ2) is 8.50. The largest absolute Gasteiger partial charge is 0.383 e. The third-order valence-corrected chi connectivity index (χ3v) is 5.35. The molecule has 0 saturated heterocycles. The summed E-state index contributed by atoms with van der Waals surface area (Å²) >= 11 is 1.29. The first kappa shape index (κ1) is 19.3. The van der Waals surface area contributed by atoms with Crippen molar-refractivity contribution in [1.82, 2.24) is 9.55 Å². The highest BCUT2D eigenvalue weighted by Gasteiger charge is 2.15. The number of Topliss-reactive ketones (excluding diaryl/α,β-unsaturated/α-hetero) is 1. The SMILES string of the molecule is COCCn1c(SCC(=O)c2cc(C)ccc2C)nc2ccccc2c1=O. The number of hydrogen-bond donors (Lipinski definition) is 0. The van der Waals surface area contributed by atoms with Crippen molar-refractivity contribution in [3.63, 3.8) is 0 Å². The average Bonchev–Trinajstić information content (AvgIpc) is 2.67. The van der Waals surface area contributed by atoms with Gasteiger partial charge in [-0.25, -0.2) is 4.98 Å². The maximum atomic E-state index is 12.8. The maximum Gasteiger partial charge on any atom is 0.262 e. The topological polar surface area (TPSA) is 61.2 Å². The van der Waals surface area contributed by atoms with Gasteiger partial charge in [0.1, 0.15) is 0 Å². The zero-order valence-corrected chi connectivity index (χ0v) is 16.5. The van der Waals surface area contributed by atoms with E-state index in [9.17, 15) is 9.59 Å². The predicted molar refractivity (Wildman–Crippen MR) is 109 cm³/mol. The van der Waals surface area contributed by atoms with Gasteiger partial charge >= 0.3 is 0 Å². The lowest BCUT2D eigenvalue weighted by molar-refractivity contribution is 0.102. The zero-order valence-electron chi connectivity index (χ0n) is 15.7. The van der Waals surface area contributed by atoms with Crippen molar-refractivity contribution in [2.75, 3.05) is 19.5 Å². The van der Waals surface area contributed by atoms with Gasteiger partial charge in [0.2, 0.25) is 0 Å². The fraction of sp³-hybridized carbons (Fsp3) is 0.286. The number of thioether (sulfide) groups is 1. The summed E-state index contributed by atoms with van der Waals surface area (Å²) in [6, 6.07) is 13.1. The number of methoxy groups -OCH3 is 1. The molecule has 0 aliphatic carbocycles. The molecule has 0 aliphatic rings. The van der Waals surface area contributed by atoms with Crippen molar-refractivity contribution in [3.05, 3.63) is 69.5 Å². The molecule has 0 radical (unpaired) electrons. The van der Waals surface area contributed by atoms with E-state index in [0.717, 1.165) is 11.1 Å². The van der Waals surface area contributed by atoms with Crippen LogP contribution in [-0.2, 0) is 11.3 Å². The van der Waals surface area contributed by atoms with Crippen LogP contribution < -0.4 is 5.56 Å². The molecule has 0 aliphatic heterocycles. The summed E-state index contributed by atoms with van der Waals surface area (Å²) in [5.74, 6) is 0.254. The van der Waals surface area contributed by atoms with Crippen molar-refractivity contribution in [1.29, 1.82) is 0 Å². The summed E-state index contributed by atoms with van der Waals surface area (Å²) in [4.78, 5) is 30.2. The number of carbonyl (C=O) groups excluding carboxylic acids is 1. The summed E-state index contributed by atoms with van der Waals surface area (Å²) in [5.41, 5.74) is 3.25. The van der Waals surface area contributed by atoms with Crippen LogP contribution in [0.5, 0.6) is 0 Å². The van der Waals surface area contributed by atoms with Crippen LogP contribution in [0.15, 0.2) is 52.4 Å². The fourth-order valence-corrected chi connectivity index (χ4v) is 3.79. The normalized spacial score (nSPS) is 11.1. The Morgan fingerprint density at radius 1 is 1.19 bits per heavy atom. The zero-order chi connectivity index (χ0) is 19.4. The highest BCUT2D eigenvalue weighted by Crippen LogP contribution is 2.21. The van der Waals surface area contributed by atoms with Gasteiger partial charge in [0.05, 0.1) is 29.8 Å². The lowest BCUT2D eigenvalue weighted by Crippen LogP contribution is -2.25. The van der Waals surface area contributed by atoms with E-state index in [1.165, 1.54) is 11.8 Å². The van der Waals surface area contributed by atoms with Gasteiger partial charge in [-0.3, -0.25) is 14.2 Å². The van der Waals surface area contributed by atoms with Crippen LogP contribution in [0.4, 0.5) is 0 Å². The Morgan fingerprint density at radius 3 is 2.74 bits per heavy atom. The van der Waals surface area contributed by atoms with Gasteiger partial charge < -0.3 is 4.74 Å². The van der Waals surface area contributed by atoms with E-state index in [2.05, 4.69) is 4.98 Å². The van der Waals surface area contributed by atoms with E-state index in [1.807, 2.05) is 50.2 Å². The number of aromatic nitrogens is 2. The summed E-state index contributed by atoms with van der Waals surface area (Å²) in [7, 11) is 1.59. The van der Waals surface area contributed by atoms with E-state index < -0.39 is 0 Å². The molecule has 1 heterocycles. The molecule has 0 saturated carbocycles. The maximum absolute atomic E-state index is 12.8. The predicted octanol–water partition coefficient (Wildman–Crippen LogP) is 3.63. The molecular formula is C21H22N2O3S. The molecule has 0 spiro atoms. The molecule has 3 aromatic rings. The summed E-state index contributed by atoms with van der Waals surface area (Å²) in [6.07, 6.45) is 0. The van der Waals surface area contributed by atoms with E-state index in [1.54, 1.807) is 17.7 Å². The first-order chi connectivity index (χ1) is 13.0. The van der Waals surface area contributed by atoms with Crippen LogP contribution in [0.3, 0.4) is 0 Å². The van der Waals surface area contributed by atoms with Gasteiger partial charge in [-0.05, 0) is 37.6 Å². The Hall–Kier alpha value is -2.44. The molecule has 0 bridgehead atoms. The number of ether oxygens (including phenoxy) is 1. The molecule has 5 nitrogen and oxygen atoms in total. The van der Waals surface area contributed by atoms with E-state index in [4.69, 9.17) is 4.74 Å². The Bertz CT molecular complexity index is 1040. The molecule has 0 unspecified atom stereocenters. The van der Waals surface area contributed by atoms with Gasteiger partial charge in [0.15, 0.2) is 10.9 Å². The van der Waals surface area contributed by atoms with Crippen molar-refractivity contribution in [2.45, 2.75) is 25.5 Å². The number of hydrogen-bond acceptors (Lipinski definition) is 5. The van der Waals surface area contributed by atoms with Crippen molar-refractivity contribution in [2.24, 2.45) is 0 Å². The van der Waals surface area contributed by atoms with E-state index >= 15 is 0 Å². The fourth-order valence-electron chi connectivity index (χ4n) is 2.88. The number of benzene rings is 2. The minimum Gasteiger partial charge on any atom is -0.383 e. The van der Waals surface area contributed by atoms with Crippen LogP contribution in [0.1, 0.15) is 21.5 Å². The lowest BCUT2D eigenvalue weighted by Gasteiger charge is -2.13. The van der Waals surface area contributed by atoms with Crippen molar-refractivity contribution >= 4 is 28.4 Å². The Kier molecular flexibility index (Phi) is 6.08. The molecule has 2 aromatic carbocycles. The smallest absolute Gasteiger partial charge is 0.262 e. The number of carbonyl (C=O) groups is 1. The number of ketones is 1. The van der Waals surface area contributed by atoms with Gasteiger partial charge in [-0.1, -0.05) is 41.6 Å². The summed E-state index contributed by atoms with van der Waals surface area (Å²) in [5, 5.41) is 1.10. The minimum atomic E-state index is -0.112. The Morgan fingerprint density at radius 2 is 1.96 bits per heavy atom. The lowest BCUT2D eigenvalue weighted by atomic mass is 10.0. The quantitative estimate of drug-likeness (QED) is 0.355. The standard InChI is InChI=1S/C21H22N2O3S/c1-14-8-9-15(2)17(12-14)19(24)13-27-21-22-18-7-5-4-6-16(18)20(25)23(21)10-11-26-3/h4-9,12H,10-11,13H2,1-3H3. The van der Waals surface area contributed by atoms with E-state index in [-0.39, 0.29) is 17.1 Å². The molecule has 0 N–H and O–H groups in total. The Balaban J connectivity index is 1.92. The Labute approximate surface area is 162 Å². The van der Waals surface area contributed by atoms with Crippen LogP contribution >= 0.6 is 11.8 Å². The number of rotatable bonds is 7. The third-order valence-electron chi connectivity index (χ3n) is 4.37. The number of para-hydroxylation sites is 1. The molecule has 140 valence electrons. The van der Waals surface area contributed by atoms with Crippen LogP contribution in [0.25, 0.3) is 10.9 Å². The first-order valence-corrected chi connectivity index (χ1v) is 9.71. The third kappa shape index (κ3) is 4.28. The highest BCUT2D eigenvalue weighted by molar-refractivity contribution is 7.99. The molecule has 1 aromatic heterocycles. The molecule has 0 amide bonds. The average molecular weight is 382 g/mol. The number of fused-ring (bicyclic) bond motifs is 1. The number of nitrogens with zero attached hydrogens (tertiary/aromatic N) is 2. The molecular weight excluding hydrogens is 360 g/mol. The van der Waals surface area contributed by atoms with Gasteiger partial charge in [0.25, 0.3) is 5.56 Å². The van der Waals surface area contributed by atoms with Gasteiger partial charge in [0, 0.05) is 12.7 Å². The highest BCUT2D eigenvalue weighted by atomic mass is 32.2. The van der Waals surface area contributed by atoms with Crippen LogP contribution in [0.2, 0.25) is 0 Å². The molecule has 0 fully saturated rings. The molecule has 3 rings (SSSR count). The van der Waals surface area contributed by atoms with Crippen LogP contribution in [0, 0.1) is 13.8 Å². The number of aryl methyl sites for hydroxylation is 2. The van der Waals surface area contributed by atoms with Gasteiger partial charge in [-0.15, -0.1) is 0 Å². The summed E-state index contributed by atoms with van der Waals surface area (Å²) < 4.78 is 6.72. The second-order valence-electron chi connectivity index (χ2n) is 6.39.